The van der Waals surface area contributed by atoms with Crippen LogP contribution in [0.5, 0.6) is 0 Å². The fourth-order valence-electron chi connectivity index (χ4n) is 3.17. The molecule has 0 bridgehead atoms. The maximum atomic E-state index is 12.7. The third-order valence-electron chi connectivity index (χ3n) is 4.95. The molecule has 0 aliphatic carbocycles. The molecule has 1 aromatic heterocycles. The van der Waals surface area contributed by atoms with Crippen molar-refractivity contribution in [3.63, 3.8) is 0 Å². The maximum Gasteiger partial charge on any atom is 0.246 e. The molecule has 154 valence electrons. The zero-order valence-corrected chi connectivity index (χ0v) is 17.5. The number of halogens is 1. The van der Waals surface area contributed by atoms with E-state index in [0.29, 0.717) is 25.9 Å². The third-order valence-corrected chi connectivity index (χ3v) is 6.80. The fourth-order valence-corrected chi connectivity index (χ4v) is 4.63. The van der Waals surface area contributed by atoms with Crippen molar-refractivity contribution in [1.82, 2.24) is 19.4 Å². The van der Waals surface area contributed by atoms with Crippen LogP contribution >= 0.6 is 12.4 Å². The number of rotatable bonds is 5. The molecule has 1 aliphatic heterocycles. The first kappa shape index (κ1) is 22.4. The van der Waals surface area contributed by atoms with Gasteiger partial charge in [0.2, 0.25) is 15.9 Å². The minimum Gasteiger partial charge on any atom is -0.351 e. The Morgan fingerprint density at radius 1 is 1.25 bits per heavy atom. The van der Waals surface area contributed by atoms with E-state index >= 15 is 0 Å². The van der Waals surface area contributed by atoms with Crippen molar-refractivity contribution in [3.8, 4) is 0 Å². The predicted octanol–water partition coefficient (Wildman–Crippen LogP) is 0.985. The summed E-state index contributed by atoms with van der Waals surface area (Å²) in [6.07, 6.45) is 3.91. The number of nitrogens with two attached hydrogens (primary N) is 1. The first-order valence-corrected chi connectivity index (χ1v) is 10.3. The minimum atomic E-state index is -3.55. The highest BCUT2D eigenvalue weighted by molar-refractivity contribution is 7.89. The van der Waals surface area contributed by atoms with Gasteiger partial charge in [0.05, 0.1) is 6.20 Å². The molecular formula is C18H26ClN5O3S. The standard InChI is InChI=1S/C18H25N5O3S.ClH/c1-18(19,14-6-4-3-5-7-14)17(24)21-15-8-10-23(11-9-15)27(25,26)16-12-20-22(2)13-16;/h3-7,12-13,15H,8-11,19H2,1-2H3,(H,21,24);1H. The van der Waals surface area contributed by atoms with Gasteiger partial charge in [0.25, 0.3) is 0 Å². The summed E-state index contributed by atoms with van der Waals surface area (Å²) in [5, 5.41) is 6.90. The summed E-state index contributed by atoms with van der Waals surface area (Å²) in [5.74, 6) is -0.262. The van der Waals surface area contributed by atoms with Crippen LogP contribution < -0.4 is 11.1 Å². The highest BCUT2D eigenvalue weighted by Crippen LogP contribution is 2.22. The third kappa shape index (κ3) is 4.54. The smallest absolute Gasteiger partial charge is 0.246 e. The number of aryl methyl sites for hydroxylation is 1. The van der Waals surface area contributed by atoms with E-state index in [0.717, 1.165) is 5.56 Å². The maximum absolute atomic E-state index is 12.7. The van der Waals surface area contributed by atoms with Crippen LogP contribution in [0.1, 0.15) is 25.3 Å². The number of benzene rings is 1. The Balaban J connectivity index is 0.00000280. The average Bonchev–Trinajstić information content (AvgIpc) is 3.10. The summed E-state index contributed by atoms with van der Waals surface area (Å²) in [7, 11) is -1.87. The average molecular weight is 428 g/mol. The van der Waals surface area contributed by atoms with E-state index in [1.165, 1.54) is 21.4 Å². The van der Waals surface area contributed by atoms with Gasteiger partial charge >= 0.3 is 0 Å². The Morgan fingerprint density at radius 3 is 2.39 bits per heavy atom. The molecule has 1 unspecified atom stereocenters. The monoisotopic (exact) mass is 427 g/mol. The summed E-state index contributed by atoms with van der Waals surface area (Å²) in [5.41, 5.74) is 5.84. The highest BCUT2D eigenvalue weighted by atomic mass is 35.5. The van der Waals surface area contributed by atoms with Crippen molar-refractivity contribution in [2.45, 2.75) is 36.2 Å². The molecule has 2 heterocycles. The van der Waals surface area contributed by atoms with E-state index < -0.39 is 15.6 Å². The molecule has 28 heavy (non-hydrogen) atoms. The van der Waals surface area contributed by atoms with Crippen LogP contribution in [0.4, 0.5) is 0 Å². The van der Waals surface area contributed by atoms with E-state index in [2.05, 4.69) is 10.4 Å². The fraction of sp³-hybridized carbons (Fsp3) is 0.444. The number of sulfonamides is 1. The van der Waals surface area contributed by atoms with E-state index in [1.54, 1.807) is 14.0 Å². The van der Waals surface area contributed by atoms with Crippen molar-refractivity contribution in [3.05, 3.63) is 48.3 Å². The summed E-state index contributed by atoms with van der Waals surface area (Å²) in [4.78, 5) is 12.8. The number of nitrogens with zero attached hydrogens (tertiary/aromatic N) is 3. The van der Waals surface area contributed by atoms with Crippen LogP contribution in [0.3, 0.4) is 0 Å². The second kappa shape index (κ2) is 8.60. The van der Waals surface area contributed by atoms with Crippen LogP contribution in [0, 0.1) is 0 Å². The van der Waals surface area contributed by atoms with Crippen molar-refractivity contribution in [2.75, 3.05) is 13.1 Å². The first-order chi connectivity index (χ1) is 12.7. The highest BCUT2D eigenvalue weighted by Gasteiger charge is 2.35. The van der Waals surface area contributed by atoms with Gasteiger partial charge in [0.1, 0.15) is 10.4 Å². The van der Waals surface area contributed by atoms with Crippen LogP contribution in [0.25, 0.3) is 0 Å². The quantitative estimate of drug-likeness (QED) is 0.739. The van der Waals surface area contributed by atoms with E-state index in [4.69, 9.17) is 5.73 Å². The van der Waals surface area contributed by atoms with Gasteiger partial charge < -0.3 is 11.1 Å². The summed E-state index contributed by atoms with van der Waals surface area (Å²) in [6, 6.07) is 9.09. The topological polar surface area (TPSA) is 110 Å². The van der Waals surface area contributed by atoms with Crippen molar-refractivity contribution in [1.29, 1.82) is 0 Å². The Kier molecular flexibility index (Phi) is 6.87. The molecule has 2 aromatic rings. The molecule has 1 fully saturated rings. The lowest BCUT2D eigenvalue weighted by Crippen LogP contribution is -2.54. The summed E-state index contributed by atoms with van der Waals surface area (Å²) in [6.45, 7) is 2.36. The molecule has 3 N–H and O–H groups in total. The van der Waals surface area contributed by atoms with Crippen LogP contribution in [0.15, 0.2) is 47.6 Å². The van der Waals surface area contributed by atoms with Gasteiger partial charge in [-0.3, -0.25) is 9.48 Å². The number of nitrogens with one attached hydrogen (secondary N) is 1. The SMILES string of the molecule is Cl.Cn1cc(S(=O)(=O)N2CCC(NC(=O)C(C)(N)c3ccccc3)CC2)cn1. The van der Waals surface area contributed by atoms with Gasteiger partial charge in [-0.2, -0.15) is 9.40 Å². The van der Waals surface area contributed by atoms with Gasteiger partial charge in [0, 0.05) is 32.4 Å². The number of amides is 1. The normalized spacial score (nSPS) is 18.1. The second-order valence-electron chi connectivity index (χ2n) is 7.07. The minimum absolute atomic E-state index is 0. The van der Waals surface area contributed by atoms with Gasteiger partial charge in [-0.05, 0) is 25.3 Å². The lowest BCUT2D eigenvalue weighted by atomic mass is 9.91. The van der Waals surface area contributed by atoms with Crippen LogP contribution in [0.2, 0.25) is 0 Å². The van der Waals surface area contributed by atoms with Gasteiger partial charge in [-0.15, -0.1) is 12.4 Å². The zero-order valence-electron chi connectivity index (χ0n) is 15.9. The van der Waals surface area contributed by atoms with Crippen LogP contribution in [-0.4, -0.2) is 47.5 Å². The summed E-state index contributed by atoms with van der Waals surface area (Å²) < 4.78 is 28.2. The Bertz CT molecular complexity index is 906. The van der Waals surface area contributed by atoms with Gasteiger partial charge in [-0.1, -0.05) is 30.3 Å². The molecule has 1 aliphatic rings. The molecule has 1 atom stereocenters. The molecule has 3 rings (SSSR count). The first-order valence-electron chi connectivity index (χ1n) is 8.85. The number of carbonyl (C=O) groups is 1. The molecule has 1 saturated heterocycles. The summed E-state index contributed by atoms with van der Waals surface area (Å²) >= 11 is 0. The lowest BCUT2D eigenvalue weighted by Gasteiger charge is -2.33. The lowest BCUT2D eigenvalue weighted by molar-refractivity contribution is -0.127. The molecular weight excluding hydrogens is 402 g/mol. The Labute approximate surface area is 171 Å². The molecule has 0 saturated carbocycles. The Morgan fingerprint density at radius 2 is 1.86 bits per heavy atom. The molecule has 1 aromatic carbocycles. The van der Waals surface area contributed by atoms with E-state index in [9.17, 15) is 13.2 Å². The van der Waals surface area contributed by atoms with E-state index in [1.807, 2.05) is 30.3 Å². The zero-order chi connectivity index (χ0) is 19.7. The van der Waals surface area contributed by atoms with Gasteiger partial charge in [0.15, 0.2) is 0 Å². The number of hydrogen-bond acceptors (Lipinski definition) is 5. The molecule has 1 amide bonds. The van der Waals surface area contributed by atoms with Crippen LogP contribution in [-0.2, 0) is 27.4 Å². The van der Waals surface area contributed by atoms with Gasteiger partial charge in [-0.25, -0.2) is 8.42 Å². The number of aromatic nitrogens is 2. The van der Waals surface area contributed by atoms with Crippen molar-refractivity contribution in [2.24, 2.45) is 12.8 Å². The molecule has 10 heteroatoms. The number of hydrogen-bond donors (Lipinski definition) is 2. The van der Waals surface area contributed by atoms with Crippen molar-refractivity contribution < 1.29 is 13.2 Å². The Hall–Kier alpha value is -1.94. The number of carbonyl (C=O) groups excluding carboxylic acids is 1. The molecule has 0 radical (unpaired) electrons. The second-order valence-corrected chi connectivity index (χ2v) is 9.01. The molecule has 8 nitrogen and oxygen atoms in total. The van der Waals surface area contributed by atoms with E-state index in [-0.39, 0.29) is 29.3 Å². The predicted molar refractivity (Wildman–Crippen MR) is 108 cm³/mol. The van der Waals surface area contributed by atoms with Crippen molar-refractivity contribution >= 4 is 28.3 Å². The molecule has 0 spiro atoms. The largest absolute Gasteiger partial charge is 0.351 e. The number of piperidine rings is 1.